The molecule has 382 valence electrons. The summed E-state index contributed by atoms with van der Waals surface area (Å²) in [7, 11) is 7.10. The first-order valence-electron chi connectivity index (χ1n) is 19.0. The van der Waals surface area contributed by atoms with Gasteiger partial charge in [0.1, 0.15) is 20.1 Å². The van der Waals surface area contributed by atoms with E-state index < -0.39 is 23.9 Å². The zero-order valence-electron chi connectivity index (χ0n) is 37.1. The van der Waals surface area contributed by atoms with Gasteiger partial charge in [-0.15, -0.1) is 0 Å². The van der Waals surface area contributed by atoms with E-state index in [1.54, 1.807) is 49.1 Å². The Morgan fingerprint density at radius 1 is 0.333 bits per heavy atom. The Kier molecular flexibility index (Phi) is 36.6. The third-order valence-corrected chi connectivity index (χ3v) is 11.9. The van der Waals surface area contributed by atoms with E-state index in [2.05, 4.69) is 39.9 Å². The summed E-state index contributed by atoms with van der Waals surface area (Å²) < 4.78 is 0. The smallest absolute Gasteiger partial charge is 0.545 e. The van der Waals surface area contributed by atoms with Crippen LogP contribution < -0.4 is 20.4 Å². The van der Waals surface area contributed by atoms with E-state index in [9.17, 15) is 39.6 Å². The van der Waals surface area contributed by atoms with Crippen LogP contribution in [0.15, 0.2) is 191 Å². The molecule has 8 aromatic rings. The van der Waals surface area contributed by atoms with E-state index in [1.807, 2.05) is 72.8 Å². The van der Waals surface area contributed by atoms with Crippen LogP contribution in [-0.4, -0.2) is 99.1 Å². The molecule has 0 saturated heterocycles. The molecule has 8 heterocycles. The summed E-state index contributed by atoms with van der Waals surface area (Å²) in [6.45, 7) is 0. The quantitative estimate of drug-likeness (QED) is 0.130. The SMILES string of the molecule is CO.CO.O.O.O=C([O-])c1ccc(SSc2ccc(C(=O)[O-])cn2)nc1.O=C([O-])c1ccc(SSc2ccc(C(=O)[O-])cn2)nc1.[Cu+2].[Cu+2].c1ccc(-c2ccccn2)nc1.c1ccc(-c2ccccn2)nc1. The van der Waals surface area contributed by atoms with Gasteiger partial charge >= 0.3 is 34.1 Å². The molecular formula is C46H40Cu2N8O12S4. The van der Waals surface area contributed by atoms with E-state index in [0.717, 1.165) is 37.0 Å². The molecule has 0 atom stereocenters. The Morgan fingerprint density at radius 3 is 0.653 bits per heavy atom. The fourth-order valence-electron chi connectivity index (χ4n) is 4.43. The Bertz CT molecular complexity index is 2350. The molecule has 0 amide bonds. The largest absolute Gasteiger partial charge is 2.00 e. The molecule has 0 spiro atoms. The second-order valence-corrected chi connectivity index (χ2v) is 16.2. The number of aliphatic hydroxyl groups excluding tert-OH is 2. The molecule has 8 rings (SSSR count). The maximum Gasteiger partial charge on any atom is 2.00 e. The Balaban J connectivity index is 0. The molecule has 0 bridgehead atoms. The first-order chi connectivity index (χ1) is 33.0. The average molecular weight is 1150 g/mol. The normalized spacial score (nSPS) is 9.06. The van der Waals surface area contributed by atoms with Gasteiger partial charge < -0.3 is 60.8 Å². The number of rotatable bonds is 12. The van der Waals surface area contributed by atoms with Crippen LogP contribution in [-0.2, 0) is 34.1 Å². The zero-order chi connectivity index (χ0) is 49.5. The van der Waals surface area contributed by atoms with Gasteiger partial charge in [-0.05, 0) is 140 Å². The number of aliphatic hydroxyl groups is 2. The van der Waals surface area contributed by atoms with Gasteiger partial charge in [-0.25, -0.2) is 19.9 Å². The zero-order valence-corrected chi connectivity index (χ0v) is 42.3. The van der Waals surface area contributed by atoms with Crippen LogP contribution in [0.1, 0.15) is 41.4 Å². The van der Waals surface area contributed by atoms with Crippen LogP contribution in [0.3, 0.4) is 0 Å². The maximum absolute atomic E-state index is 10.6. The number of carboxylic acids is 4. The van der Waals surface area contributed by atoms with Gasteiger partial charge in [0.05, 0.1) is 46.7 Å². The molecular weight excluding hydrogens is 1110 g/mol. The van der Waals surface area contributed by atoms with Crippen LogP contribution in [0.5, 0.6) is 0 Å². The molecule has 20 nitrogen and oxygen atoms in total. The number of aromatic carboxylic acids is 4. The standard InChI is InChI=1S/2C12H8N2O4S2.2C10H8N2.2CH4O.2Cu.2H2O/c2*15-11(16)7-1-3-9(13-5-7)19-20-10-4-2-8(6-14-10)12(17)18;2*1-3-7-11-9(5-1)10-6-2-4-8-12-10;2*1-2;;;;/h2*1-6H,(H,15,16)(H,17,18);2*1-8H;2*2H,1H3;;;2*1H2/q;;;;;;2*+2;;/p-4. The minimum absolute atomic E-state index is 0. The Labute approximate surface area is 449 Å². The van der Waals surface area contributed by atoms with E-state index in [1.165, 1.54) is 92.2 Å². The molecule has 2 radical (unpaired) electrons. The minimum atomic E-state index is -1.28. The summed E-state index contributed by atoms with van der Waals surface area (Å²) >= 11 is 0. The molecule has 0 fully saturated rings. The van der Waals surface area contributed by atoms with Gasteiger partial charge in [-0.2, -0.15) is 0 Å². The summed E-state index contributed by atoms with van der Waals surface area (Å²) in [6.07, 6.45) is 11.9. The summed E-state index contributed by atoms with van der Waals surface area (Å²) in [5.74, 6) is -5.11. The van der Waals surface area contributed by atoms with Crippen LogP contribution in [0, 0.1) is 0 Å². The Hall–Kier alpha value is -6.64. The van der Waals surface area contributed by atoms with Crippen molar-refractivity contribution in [1.29, 1.82) is 0 Å². The van der Waals surface area contributed by atoms with Crippen LogP contribution in [0.2, 0.25) is 0 Å². The van der Waals surface area contributed by atoms with E-state index in [4.69, 9.17) is 10.2 Å². The van der Waals surface area contributed by atoms with Crippen molar-refractivity contribution >= 4 is 67.1 Å². The third kappa shape index (κ3) is 25.0. The molecule has 0 saturated carbocycles. The monoisotopic (exact) mass is 1150 g/mol. The van der Waals surface area contributed by atoms with E-state index in [0.29, 0.717) is 20.1 Å². The van der Waals surface area contributed by atoms with E-state index >= 15 is 0 Å². The summed E-state index contributed by atoms with van der Waals surface area (Å²) in [6, 6.07) is 35.0. The van der Waals surface area contributed by atoms with Crippen molar-refractivity contribution in [2.75, 3.05) is 14.2 Å². The molecule has 6 N–H and O–H groups in total. The molecule has 0 unspecified atom stereocenters. The van der Waals surface area contributed by atoms with Crippen molar-refractivity contribution in [3.05, 3.63) is 193 Å². The summed E-state index contributed by atoms with van der Waals surface area (Å²) in [5, 5.41) is 58.6. The molecule has 0 aliphatic rings. The van der Waals surface area contributed by atoms with Crippen LogP contribution in [0.25, 0.3) is 22.8 Å². The molecule has 8 aromatic heterocycles. The number of carboxylic acid groups (broad SMARTS) is 4. The van der Waals surface area contributed by atoms with Crippen molar-refractivity contribution in [1.82, 2.24) is 39.9 Å². The van der Waals surface area contributed by atoms with Gasteiger partial charge in [-0.3, -0.25) is 19.9 Å². The van der Waals surface area contributed by atoms with Crippen molar-refractivity contribution in [3.8, 4) is 22.8 Å². The van der Waals surface area contributed by atoms with Crippen LogP contribution >= 0.6 is 43.2 Å². The first kappa shape index (κ1) is 67.4. The first-order valence-corrected chi connectivity index (χ1v) is 23.3. The fraction of sp³-hybridized carbons (Fsp3) is 0.0435. The number of carbonyl (C=O) groups excluding carboxylic acids is 4. The van der Waals surface area contributed by atoms with Crippen molar-refractivity contribution < 1.29 is 94.9 Å². The predicted molar refractivity (Wildman–Crippen MR) is 256 cm³/mol. The maximum atomic E-state index is 10.6. The molecule has 0 aliphatic carbocycles. The van der Waals surface area contributed by atoms with Crippen LogP contribution in [0.4, 0.5) is 0 Å². The molecule has 72 heavy (non-hydrogen) atoms. The second kappa shape index (κ2) is 39.0. The number of aromatic nitrogens is 8. The number of carbonyl (C=O) groups is 4. The molecule has 0 aromatic carbocycles. The Morgan fingerprint density at radius 2 is 0.528 bits per heavy atom. The third-order valence-electron chi connectivity index (χ3n) is 7.50. The average Bonchev–Trinajstić information content (AvgIpc) is 3.40. The molecule has 26 heteroatoms. The number of pyridine rings is 8. The van der Waals surface area contributed by atoms with Gasteiger partial charge in [-0.1, -0.05) is 24.3 Å². The number of hydrogen-bond acceptors (Lipinski definition) is 22. The number of hydrogen-bond donors (Lipinski definition) is 2. The second-order valence-electron chi connectivity index (χ2n) is 11.9. The van der Waals surface area contributed by atoms with Gasteiger partial charge in [0.25, 0.3) is 0 Å². The van der Waals surface area contributed by atoms with Crippen molar-refractivity contribution in [2.24, 2.45) is 0 Å². The minimum Gasteiger partial charge on any atom is -0.545 e. The van der Waals surface area contributed by atoms with Gasteiger partial charge in [0, 0.05) is 86.0 Å². The van der Waals surface area contributed by atoms with Gasteiger partial charge in [0.2, 0.25) is 0 Å². The van der Waals surface area contributed by atoms with Gasteiger partial charge in [0.15, 0.2) is 0 Å². The number of nitrogens with zero attached hydrogens (tertiary/aromatic N) is 8. The summed E-state index contributed by atoms with van der Waals surface area (Å²) in [4.78, 5) is 74.8. The van der Waals surface area contributed by atoms with Crippen molar-refractivity contribution in [3.63, 3.8) is 0 Å². The predicted octanol–water partition coefficient (Wildman–Crippen LogP) is 1.86. The topological polar surface area (TPSA) is 367 Å². The fourth-order valence-corrected chi connectivity index (χ4v) is 7.86. The molecule has 0 aliphatic heterocycles. The summed E-state index contributed by atoms with van der Waals surface area (Å²) in [5.41, 5.74) is 3.70. The van der Waals surface area contributed by atoms with E-state index in [-0.39, 0.29) is 67.3 Å². The van der Waals surface area contributed by atoms with Crippen molar-refractivity contribution in [2.45, 2.75) is 20.1 Å².